The molecule has 0 spiro atoms. The lowest BCUT2D eigenvalue weighted by atomic mass is 10.1. The summed E-state index contributed by atoms with van der Waals surface area (Å²) >= 11 is 0. The maximum atomic E-state index is 12.4. The fourth-order valence-electron chi connectivity index (χ4n) is 3.00. The highest BCUT2D eigenvalue weighted by Crippen LogP contribution is 2.26. The molecular formula is C17H19N3O3. The normalized spacial score (nSPS) is 20.4. The maximum absolute atomic E-state index is 12.4. The molecular weight excluding hydrogens is 294 g/mol. The number of carbonyl (C=O) groups excluding carboxylic acids is 1. The van der Waals surface area contributed by atoms with E-state index in [0.717, 1.165) is 5.69 Å². The second-order valence-electron chi connectivity index (χ2n) is 5.93. The van der Waals surface area contributed by atoms with E-state index in [9.17, 15) is 9.59 Å². The van der Waals surface area contributed by atoms with Crippen molar-refractivity contribution in [2.45, 2.75) is 32.2 Å². The maximum Gasteiger partial charge on any atom is 0.306 e. The van der Waals surface area contributed by atoms with Crippen LogP contribution in [-0.4, -0.2) is 32.8 Å². The number of hydrogen-bond donors (Lipinski definition) is 2. The van der Waals surface area contributed by atoms with Crippen LogP contribution in [0.5, 0.6) is 0 Å². The van der Waals surface area contributed by atoms with E-state index in [2.05, 4.69) is 10.4 Å². The van der Waals surface area contributed by atoms with Gasteiger partial charge in [0.25, 0.3) is 5.91 Å². The van der Waals surface area contributed by atoms with Crippen molar-refractivity contribution in [2.24, 2.45) is 5.92 Å². The number of carboxylic acid groups (broad SMARTS) is 1. The molecule has 2 N–H and O–H groups in total. The molecule has 0 bridgehead atoms. The van der Waals surface area contributed by atoms with Crippen LogP contribution in [0.15, 0.2) is 36.5 Å². The molecule has 2 aromatic rings. The smallest absolute Gasteiger partial charge is 0.306 e. The summed E-state index contributed by atoms with van der Waals surface area (Å²) in [5.41, 5.74) is 2.06. The first-order valence-corrected chi connectivity index (χ1v) is 7.70. The number of rotatable bonds is 4. The van der Waals surface area contributed by atoms with E-state index >= 15 is 0 Å². The van der Waals surface area contributed by atoms with Crippen LogP contribution in [0.25, 0.3) is 5.69 Å². The Balaban J connectivity index is 1.71. The third-order valence-corrected chi connectivity index (χ3v) is 4.28. The van der Waals surface area contributed by atoms with Gasteiger partial charge in [0.15, 0.2) is 0 Å². The van der Waals surface area contributed by atoms with Crippen molar-refractivity contribution in [1.29, 1.82) is 0 Å². The number of aliphatic carboxylic acids is 1. The van der Waals surface area contributed by atoms with Gasteiger partial charge in [0.1, 0.15) is 0 Å². The van der Waals surface area contributed by atoms with Crippen molar-refractivity contribution in [2.75, 3.05) is 0 Å². The average molecular weight is 313 g/mol. The summed E-state index contributed by atoms with van der Waals surface area (Å²) in [5, 5.41) is 16.3. The topological polar surface area (TPSA) is 84.2 Å². The first-order valence-electron chi connectivity index (χ1n) is 7.70. The van der Waals surface area contributed by atoms with E-state index in [1.165, 1.54) is 0 Å². The van der Waals surface area contributed by atoms with Gasteiger partial charge in [-0.05, 0) is 38.3 Å². The second-order valence-corrected chi connectivity index (χ2v) is 5.93. The lowest BCUT2D eigenvalue weighted by Crippen LogP contribution is -2.33. The van der Waals surface area contributed by atoms with Crippen molar-refractivity contribution in [3.63, 3.8) is 0 Å². The molecule has 2 atom stereocenters. The number of para-hydroxylation sites is 1. The van der Waals surface area contributed by atoms with Crippen molar-refractivity contribution in [1.82, 2.24) is 15.1 Å². The summed E-state index contributed by atoms with van der Waals surface area (Å²) in [7, 11) is 0. The number of hydrogen-bond acceptors (Lipinski definition) is 3. The zero-order valence-corrected chi connectivity index (χ0v) is 12.9. The molecule has 1 aromatic heterocycles. The molecule has 1 heterocycles. The fraction of sp³-hybridized carbons (Fsp3) is 0.353. The number of aromatic nitrogens is 2. The van der Waals surface area contributed by atoms with Gasteiger partial charge in [0.05, 0.1) is 22.9 Å². The Kier molecular flexibility index (Phi) is 4.14. The van der Waals surface area contributed by atoms with E-state index in [1.807, 2.05) is 30.3 Å². The quantitative estimate of drug-likeness (QED) is 0.906. The van der Waals surface area contributed by atoms with Crippen molar-refractivity contribution < 1.29 is 14.7 Å². The van der Waals surface area contributed by atoms with Gasteiger partial charge < -0.3 is 10.4 Å². The predicted molar refractivity (Wildman–Crippen MR) is 84.5 cm³/mol. The Bertz CT molecular complexity index is 724. The number of benzene rings is 1. The Morgan fingerprint density at radius 2 is 2.00 bits per heavy atom. The molecule has 6 nitrogen and oxygen atoms in total. The van der Waals surface area contributed by atoms with Crippen LogP contribution in [0, 0.1) is 12.8 Å². The Labute approximate surface area is 134 Å². The largest absolute Gasteiger partial charge is 0.481 e. The lowest BCUT2D eigenvalue weighted by Gasteiger charge is -2.11. The zero-order valence-electron chi connectivity index (χ0n) is 12.9. The number of aryl methyl sites for hydroxylation is 1. The first-order chi connectivity index (χ1) is 11.0. The Morgan fingerprint density at radius 3 is 2.65 bits per heavy atom. The first kappa shape index (κ1) is 15.3. The van der Waals surface area contributed by atoms with Crippen LogP contribution in [0.4, 0.5) is 0 Å². The molecule has 0 aliphatic heterocycles. The molecule has 1 saturated carbocycles. The van der Waals surface area contributed by atoms with Gasteiger partial charge in [0.2, 0.25) is 0 Å². The van der Waals surface area contributed by atoms with Gasteiger partial charge >= 0.3 is 5.97 Å². The lowest BCUT2D eigenvalue weighted by molar-refractivity contribution is -0.141. The zero-order chi connectivity index (χ0) is 16.4. The average Bonchev–Trinajstić information content (AvgIpc) is 3.15. The molecule has 23 heavy (non-hydrogen) atoms. The fourth-order valence-corrected chi connectivity index (χ4v) is 3.00. The standard InChI is InChI=1S/C17H19N3O3/c1-11-15(10-20(19-11)14-5-3-2-4-6-14)16(21)18-13-8-7-12(9-13)17(22)23/h2-6,10,12-13H,7-9H2,1H3,(H,18,21)(H,22,23). The van der Waals surface area contributed by atoms with Crippen molar-refractivity contribution in [3.8, 4) is 5.69 Å². The van der Waals surface area contributed by atoms with Crippen molar-refractivity contribution in [3.05, 3.63) is 47.8 Å². The van der Waals surface area contributed by atoms with Crippen LogP contribution in [0.2, 0.25) is 0 Å². The molecule has 3 rings (SSSR count). The monoisotopic (exact) mass is 313 g/mol. The summed E-state index contributed by atoms with van der Waals surface area (Å²) in [6, 6.07) is 9.51. The van der Waals surface area contributed by atoms with Gasteiger partial charge in [-0.15, -0.1) is 0 Å². The van der Waals surface area contributed by atoms with Crippen LogP contribution >= 0.6 is 0 Å². The van der Waals surface area contributed by atoms with E-state index in [4.69, 9.17) is 5.11 Å². The Hall–Kier alpha value is -2.63. The van der Waals surface area contributed by atoms with Crippen LogP contribution in [-0.2, 0) is 4.79 Å². The molecule has 0 saturated heterocycles. The Morgan fingerprint density at radius 1 is 1.26 bits per heavy atom. The molecule has 120 valence electrons. The highest BCUT2D eigenvalue weighted by atomic mass is 16.4. The molecule has 0 radical (unpaired) electrons. The number of amides is 1. The molecule has 6 heteroatoms. The van der Waals surface area contributed by atoms with E-state index in [1.54, 1.807) is 17.8 Å². The molecule has 1 aliphatic rings. The number of nitrogens with zero attached hydrogens (tertiary/aromatic N) is 2. The summed E-state index contributed by atoms with van der Waals surface area (Å²) in [5.74, 6) is -1.33. The summed E-state index contributed by atoms with van der Waals surface area (Å²) in [4.78, 5) is 23.4. The molecule has 1 aromatic carbocycles. The van der Waals surface area contributed by atoms with Crippen LogP contribution < -0.4 is 5.32 Å². The molecule has 2 unspecified atom stereocenters. The minimum atomic E-state index is -0.783. The summed E-state index contributed by atoms with van der Waals surface area (Å²) in [6.45, 7) is 1.79. The van der Waals surface area contributed by atoms with Crippen LogP contribution in [0.3, 0.4) is 0 Å². The third kappa shape index (κ3) is 3.26. The number of carboxylic acids is 1. The van der Waals surface area contributed by atoms with Crippen LogP contribution in [0.1, 0.15) is 35.3 Å². The molecule has 1 fully saturated rings. The van der Waals surface area contributed by atoms with E-state index < -0.39 is 5.97 Å². The van der Waals surface area contributed by atoms with E-state index in [-0.39, 0.29) is 17.9 Å². The number of carbonyl (C=O) groups is 2. The van der Waals surface area contributed by atoms with Gasteiger partial charge in [-0.3, -0.25) is 9.59 Å². The van der Waals surface area contributed by atoms with E-state index in [0.29, 0.717) is 30.5 Å². The van der Waals surface area contributed by atoms with Gasteiger partial charge in [0, 0.05) is 12.2 Å². The minimum absolute atomic E-state index is 0.0805. The highest BCUT2D eigenvalue weighted by Gasteiger charge is 2.31. The number of nitrogens with one attached hydrogen (secondary N) is 1. The van der Waals surface area contributed by atoms with Gasteiger partial charge in [-0.1, -0.05) is 18.2 Å². The highest BCUT2D eigenvalue weighted by molar-refractivity contribution is 5.95. The molecule has 1 amide bonds. The summed E-state index contributed by atoms with van der Waals surface area (Å²) in [6.07, 6.45) is 3.52. The predicted octanol–water partition coefficient (Wildman–Crippen LogP) is 2.16. The van der Waals surface area contributed by atoms with Gasteiger partial charge in [-0.2, -0.15) is 5.10 Å². The van der Waals surface area contributed by atoms with Crippen molar-refractivity contribution >= 4 is 11.9 Å². The minimum Gasteiger partial charge on any atom is -0.481 e. The second kappa shape index (κ2) is 6.24. The summed E-state index contributed by atoms with van der Waals surface area (Å²) < 4.78 is 1.68. The third-order valence-electron chi connectivity index (χ3n) is 4.28. The molecule has 1 aliphatic carbocycles. The SMILES string of the molecule is Cc1nn(-c2ccccc2)cc1C(=O)NC1CCC(C(=O)O)C1. The van der Waals surface area contributed by atoms with Gasteiger partial charge in [-0.25, -0.2) is 4.68 Å².